The van der Waals surface area contributed by atoms with E-state index in [1.54, 1.807) is 22.8 Å². The van der Waals surface area contributed by atoms with Crippen molar-refractivity contribution in [2.24, 2.45) is 0 Å². The molecule has 0 aliphatic rings. The van der Waals surface area contributed by atoms with Crippen molar-refractivity contribution in [3.63, 3.8) is 0 Å². The first-order chi connectivity index (χ1) is 33.7. The molecule has 0 unspecified atom stereocenters. The van der Waals surface area contributed by atoms with Crippen molar-refractivity contribution in [3.8, 4) is 62.3 Å². The minimum Gasteiger partial charge on any atom is -0.507 e. The van der Waals surface area contributed by atoms with Crippen molar-refractivity contribution in [2.75, 3.05) is 0 Å². The summed E-state index contributed by atoms with van der Waals surface area (Å²) in [4.78, 5) is 0. The molecule has 0 radical (unpaired) electrons. The van der Waals surface area contributed by atoms with Crippen LogP contribution in [0.5, 0.6) is 23.0 Å². The number of benzene rings is 9. The molecule has 3 aromatic heterocycles. The van der Waals surface area contributed by atoms with Crippen LogP contribution in [0, 0.1) is 0 Å². The Kier molecular flexibility index (Phi) is 5.68. The Morgan fingerprint density at radius 3 is 1.54 bits per heavy atom. The third kappa shape index (κ3) is 4.98. The average molecular weight is 799 g/mol. The molecule has 0 saturated heterocycles. The van der Waals surface area contributed by atoms with E-state index in [0.29, 0.717) is 21.8 Å². The molecule has 7 heteroatoms. The van der Waals surface area contributed by atoms with Gasteiger partial charge < -0.3 is 34.1 Å². The van der Waals surface area contributed by atoms with Gasteiger partial charge in [0.1, 0.15) is 23.0 Å². The van der Waals surface area contributed by atoms with Gasteiger partial charge in [-0.05, 0) is 77.8 Å². The van der Waals surface area contributed by atoms with Gasteiger partial charge in [-0.2, -0.15) is 0 Å². The van der Waals surface area contributed by atoms with E-state index in [2.05, 4.69) is 63.7 Å². The van der Waals surface area contributed by atoms with E-state index in [0.717, 1.165) is 55.0 Å². The molecule has 0 aliphatic heterocycles. The highest BCUT2D eigenvalue weighted by atomic mass is 16.3. The van der Waals surface area contributed by atoms with Crippen LogP contribution in [0.3, 0.4) is 0 Å². The van der Waals surface area contributed by atoms with E-state index >= 15 is 0 Å². The number of phenols is 4. The summed E-state index contributed by atoms with van der Waals surface area (Å²) >= 11 is 0. The first-order valence-corrected chi connectivity index (χ1v) is 19.5. The highest BCUT2D eigenvalue weighted by molar-refractivity contribution is 6.19. The SMILES string of the molecule is [2H]c1c([2H])c(O)c(-c2c([2H])c([2H])c([2H])c(-c3c([2H])c(-n4c5ccccc5c5c(-n6c7ccccc7c7cccc(-n8c9ccccc9c9ccccc98)c76)cccc54)c(O)c([2H])c3O)c2[2H])c(O)c1[2H]. The van der Waals surface area contributed by atoms with Gasteiger partial charge in [0.05, 0.1) is 68.1 Å². The number of hydrogen-bond donors (Lipinski definition) is 4. The van der Waals surface area contributed by atoms with Crippen molar-refractivity contribution >= 4 is 65.4 Å². The Morgan fingerprint density at radius 1 is 0.361 bits per heavy atom. The first-order valence-electron chi connectivity index (χ1n) is 24.0. The van der Waals surface area contributed by atoms with E-state index in [-0.39, 0.29) is 5.69 Å². The summed E-state index contributed by atoms with van der Waals surface area (Å²) in [5.74, 6) is -3.99. The number of aromatic nitrogens is 3. The van der Waals surface area contributed by atoms with Crippen molar-refractivity contribution in [2.45, 2.75) is 0 Å². The molecule has 3 heterocycles. The summed E-state index contributed by atoms with van der Waals surface area (Å²) in [5.41, 5.74) is 3.29. The van der Waals surface area contributed by atoms with Crippen molar-refractivity contribution in [1.82, 2.24) is 13.7 Å². The van der Waals surface area contributed by atoms with Crippen LogP contribution in [0.4, 0.5) is 0 Å². The molecule has 12 aromatic rings. The van der Waals surface area contributed by atoms with Crippen molar-refractivity contribution in [3.05, 3.63) is 188 Å². The number of fused-ring (bicyclic) bond motifs is 9. The molecule has 0 aliphatic carbocycles. The molecule has 4 N–H and O–H groups in total. The minimum absolute atomic E-state index is 0.317. The summed E-state index contributed by atoms with van der Waals surface area (Å²) < 4.78 is 85.4. The van der Waals surface area contributed by atoms with E-state index in [1.807, 2.05) is 60.7 Å². The Balaban J connectivity index is 1.18. The van der Waals surface area contributed by atoms with Gasteiger partial charge in [-0.15, -0.1) is 0 Å². The molecule has 0 saturated carbocycles. The number of nitrogens with zero attached hydrogens (tertiary/aromatic N) is 3. The molecule has 0 fully saturated rings. The first kappa shape index (κ1) is 26.6. The normalized spacial score (nSPS) is 13.9. The quantitative estimate of drug-likeness (QED) is 0.139. The van der Waals surface area contributed by atoms with Gasteiger partial charge >= 0.3 is 0 Å². The van der Waals surface area contributed by atoms with Crippen LogP contribution in [0.2, 0.25) is 0 Å². The Labute approximate surface area is 361 Å². The standard InChI is InChI=1S/C54H35N3O4/c58-48-27-12-28-49(59)52(48)33-14-9-13-32(29-33)39-30-47(51(61)31-50(39)60)56-43-23-8-4-18-38(43)53-44(56)24-11-25-45(53)57-42-22-7-3-17-36(42)37-19-10-26-46(54(37)57)55-40-20-5-1-15-34(40)35-16-2-6-21-41(35)55/h1-31,58-61H/i9D,12D,13D,14D,27D,28D,29D,30D,31D. The fourth-order valence-corrected chi connectivity index (χ4v) is 9.07. The van der Waals surface area contributed by atoms with Crippen LogP contribution in [0.15, 0.2) is 188 Å². The van der Waals surface area contributed by atoms with Crippen LogP contribution in [0.25, 0.3) is 105 Å². The summed E-state index contributed by atoms with van der Waals surface area (Å²) in [6.45, 7) is 0. The molecule has 61 heavy (non-hydrogen) atoms. The summed E-state index contributed by atoms with van der Waals surface area (Å²) in [6.07, 6.45) is 0. The molecule has 12 rings (SSSR count). The lowest BCUT2D eigenvalue weighted by Gasteiger charge is -2.16. The lowest BCUT2D eigenvalue weighted by Crippen LogP contribution is -2.01. The topological polar surface area (TPSA) is 95.7 Å². The summed E-state index contributed by atoms with van der Waals surface area (Å²) in [5, 5.41) is 51.4. The number of para-hydroxylation sites is 5. The van der Waals surface area contributed by atoms with Crippen molar-refractivity contribution in [1.29, 1.82) is 0 Å². The zero-order valence-electron chi connectivity index (χ0n) is 40.8. The fourth-order valence-electron chi connectivity index (χ4n) is 9.07. The lowest BCUT2D eigenvalue weighted by atomic mass is 9.97. The largest absolute Gasteiger partial charge is 0.507 e. The summed E-state index contributed by atoms with van der Waals surface area (Å²) in [6, 6.07) is 36.2. The van der Waals surface area contributed by atoms with Crippen LogP contribution >= 0.6 is 0 Å². The number of aromatic hydroxyl groups is 4. The van der Waals surface area contributed by atoms with E-state index in [4.69, 9.17) is 9.60 Å². The van der Waals surface area contributed by atoms with Gasteiger partial charge in [0.15, 0.2) is 0 Å². The zero-order valence-corrected chi connectivity index (χ0v) is 31.8. The van der Waals surface area contributed by atoms with Crippen LogP contribution in [0.1, 0.15) is 12.3 Å². The van der Waals surface area contributed by atoms with Crippen molar-refractivity contribution < 1.29 is 32.8 Å². The molecular formula is C54H35N3O4. The van der Waals surface area contributed by atoms with Gasteiger partial charge in [0.25, 0.3) is 0 Å². The molecule has 9 aromatic carbocycles. The highest BCUT2D eigenvalue weighted by Gasteiger charge is 2.24. The second kappa shape index (κ2) is 13.0. The van der Waals surface area contributed by atoms with Gasteiger partial charge in [-0.25, -0.2) is 0 Å². The molecule has 7 nitrogen and oxygen atoms in total. The maximum Gasteiger partial charge on any atom is 0.143 e. The molecule has 0 spiro atoms. The van der Waals surface area contributed by atoms with Gasteiger partial charge in [0.2, 0.25) is 0 Å². The fraction of sp³-hybridized carbons (Fsp3) is 0. The predicted molar refractivity (Wildman–Crippen MR) is 247 cm³/mol. The van der Waals surface area contributed by atoms with Gasteiger partial charge in [0, 0.05) is 43.9 Å². The van der Waals surface area contributed by atoms with Gasteiger partial charge in [-0.3, -0.25) is 0 Å². The predicted octanol–water partition coefficient (Wildman–Crippen LogP) is 13.1. The van der Waals surface area contributed by atoms with Crippen LogP contribution in [-0.2, 0) is 0 Å². The Hall–Kier alpha value is -8.42. The zero-order chi connectivity index (χ0) is 48.8. The Morgan fingerprint density at radius 2 is 0.852 bits per heavy atom. The van der Waals surface area contributed by atoms with E-state index in [1.165, 1.54) is 0 Å². The maximum atomic E-state index is 12.0. The van der Waals surface area contributed by atoms with E-state index < -0.39 is 99.6 Å². The highest BCUT2D eigenvalue weighted by Crippen LogP contribution is 2.46. The number of phenolic OH excluding ortho intramolecular Hbond substituents is 4. The third-order valence-corrected chi connectivity index (χ3v) is 11.5. The molecule has 0 bridgehead atoms. The molecule has 0 atom stereocenters. The second-order valence-electron chi connectivity index (χ2n) is 14.8. The smallest absolute Gasteiger partial charge is 0.143 e. The van der Waals surface area contributed by atoms with Crippen LogP contribution in [-0.4, -0.2) is 34.1 Å². The average Bonchev–Trinajstić information content (AvgIpc) is 4.02. The molecule has 290 valence electrons. The minimum atomic E-state index is -1.07. The Bertz CT molecular complexity index is 4230. The van der Waals surface area contributed by atoms with Gasteiger partial charge in [-0.1, -0.05) is 115 Å². The lowest BCUT2D eigenvalue weighted by molar-refractivity contribution is 0.450. The maximum absolute atomic E-state index is 12.0. The second-order valence-corrected chi connectivity index (χ2v) is 14.8. The van der Waals surface area contributed by atoms with E-state index in [9.17, 15) is 23.2 Å². The van der Waals surface area contributed by atoms with Crippen LogP contribution < -0.4 is 0 Å². The number of hydrogen-bond acceptors (Lipinski definition) is 4. The monoisotopic (exact) mass is 798 g/mol. The molecular weight excluding hydrogens is 755 g/mol. The number of rotatable bonds is 5. The third-order valence-electron chi connectivity index (χ3n) is 11.5. The summed E-state index contributed by atoms with van der Waals surface area (Å²) in [7, 11) is 0. The molecule has 0 amide bonds.